The van der Waals surface area contributed by atoms with Gasteiger partial charge in [0.2, 0.25) is 0 Å². The van der Waals surface area contributed by atoms with Crippen LogP contribution >= 0.6 is 11.3 Å². The molecule has 0 aromatic carbocycles. The molecule has 1 heterocycles. The Balaban J connectivity index is 2.34. The molecule has 0 aliphatic rings. The SMILES string of the molecule is CCOCCNC(=O)c1csc(CCN)n1. The van der Waals surface area contributed by atoms with Gasteiger partial charge in [-0.05, 0) is 13.5 Å². The van der Waals surface area contributed by atoms with Crippen LogP contribution < -0.4 is 11.1 Å². The van der Waals surface area contributed by atoms with Crippen LogP contribution in [0.5, 0.6) is 0 Å². The molecule has 1 rings (SSSR count). The maximum Gasteiger partial charge on any atom is 0.270 e. The van der Waals surface area contributed by atoms with Gasteiger partial charge in [-0.25, -0.2) is 4.98 Å². The number of aromatic nitrogens is 1. The molecule has 0 unspecified atom stereocenters. The number of hydrogen-bond donors (Lipinski definition) is 2. The second kappa shape index (κ2) is 7.32. The van der Waals surface area contributed by atoms with E-state index in [-0.39, 0.29) is 5.91 Å². The van der Waals surface area contributed by atoms with Crippen molar-refractivity contribution in [3.05, 3.63) is 16.1 Å². The number of nitrogens with two attached hydrogens (primary N) is 1. The summed E-state index contributed by atoms with van der Waals surface area (Å²) < 4.78 is 5.11. The summed E-state index contributed by atoms with van der Waals surface area (Å²) in [5, 5.41) is 5.39. The largest absolute Gasteiger partial charge is 0.380 e. The van der Waals surface area contributed by atoms with Crippen molar-refractivity contribution in [2.75, 3.05) is 26.3 Å². The van der Waals surface area contributed by atoms with Crippen LogP contribution in [0.4, 0.5) is 0 Å². The summed E-state index contributed by atoms with van der Waals surface area (Å²) in [4.78, 5) is 15.8. The van der Waals surface area contributed by atoms with Gasteiger partial charge in [0.15, 0.2) is 0 Å². The lowest BCUT2D eigenvalue weighted by molar-refractivity contribution is 0.0918. The first kappa shape index (κ1) is 13.1. The Kier molecular flexibility index (Phi) is 5.99. The molecule has 0 spiro atoms. The van der Waals surface area contributed by atoms with E-state index in [2.05, 4.69) is 10.3 Å². The number of nitrogens with one attached hydrogen (secondary N) is 1. The molecule has 1 amide bonds. The zero-order chi connectivity index (χ0) is 11.8. The summed E-state index contributed by atoms with van der Waals surface area (Å²) >= 11 is 1.46. The van der Waals surface area contributed by atoms with Gasteiger partial charge in [0.05, 0.1) is 11.6 Å². The van der Waals surface area contributed by atoms with Crippen molar-refractivity contribution < 1.29 is 9.53 Å². The molecule has 90 valence electrons. The minimum atomic E-state index is -0.153. The second-order valence-electron chi connectivity index (χ2n) is 3.12. The number of rotatable bonds is 7. The minimum absolute atomic E-state index is 0.153. The molecule has 1 aromatic rings. The van der Waals surface area contributed by atoms with Gasteiger partial charge < -0.3 is 15.8 Å². The highest BCUT2D eigenvalue weighted by molar-refractivity contribution is 7.09. The van der Waals surface area contributed by atoms with E-state index in [0.29, 0.717) is 32.0 Å². The van der Waals surface area contributed by atoms with Crippen molar-refractivity contribution >= 4 is 17.2 Å². The zero-order valence-corrected chi connectivity index (χ0v) is 10.2. The van der Waals surface area contributed by atoms with Gasteiger partial charge in [-0.15, -0.1) is 11.3 Å². The van der Waals surface area contributed by atoms with Crippen LogP contribution in [-0.4, -0.2) is 37.2 Å². The molecule has 3 N–H and O–H groups in total. The highest BCUT2D eigenvalue weighted by Crippen LogP contribution is 2.09. The van der Waals surface area contributed by atoms with Gasteiger partial charge in [-0.1, -0.05) is 0 Å². The van der Waals surface area contributed by atoms with Gasteiger partial charge in [0.1, 0.15) is 5.69 Å². The number of hydrogen-bond acceptors (Lipinski definition) is 5. The molecule has 0 bridgehead atoms. The maximum atomic E-state index is 11.6. The molecular weight excluding hydrogens is 226 g/mol. The van der Waals surface area contributed by atoms with E-state index in [9.17, 15) is 4.79 Å². The fourth-order valence-corrected chi connectivity index (χ4v) is 1.92. The average Bonchev–Trinajstić information content (AvgIpc) is 2.73. The number of nitrogens with zero attached hydrogens (tertiary/aromatic N) is 1. The Morgan fingerprint density at radius 3 is 3.19 bits per heavy atom. The first-order chi connectivity index (χ1) is 7.77. The van der Waals surface area contributed by atoms with E-state index >= 15 is 0 Å². The molecule has 16 heavy (non-hydrogen) atoms. The van der Waals surface area contributed by atoms with Crippen LogP contribution in [0.15, 0.2) is 5.38 Å². The third kappa shape index (κ3) is 4.26. The fraction of sp³-hybridized carbons (Fsp3) is 0.600. The van der Waals surface area contributed by atoms with Crippen molar-refractivity contribution in [2.24, 2.45) is 5.73 Å². The number of thiazole rings is 1. The molecule has 0 aliphatic carbocycles. The number of carbonyl (C=O) groups excluding carboxylic acids is 1. The van der Waals surface area contributed by atoms with Crippen LogP contribution in [0.1, 0.15) is 22.4 Å². The summed E-state index contributed by atoms with van der Waals surface area (Å²) in [6, 6.07) is 0. The average molecular weight is 243 g/mol. The lowest BCUT2D eigenvalue weighted by Gasteiger charge is -2.02. The Bertz CT molecular complexity index is 328. The lowest BCUT2D eigenvalue weighted by Crippen LogP contribution is -2.27. The van der Waals surface area contributed by atoms with Crippen molar-refractivity contribution in [3.63, 3.8) is 0 Å². The zero-order valence-electron chi connectivity index (χ0n) is 9.36. The number of carbonyl (C=O) groups is 1. The Morgan fingerprint density at radius 2 is 2.50 bits per heavy atom. The van der Waals surface area contributed by atoms with Crippen molar-refractivity contribution in [3.8, 4) is 0 Å². The minimum Gasteiger partial charge on any atom is -0.380 e. The van der Waals surface area contributed by atoms with Crippen molar-refractivity contribution in [2.45, 2.75) is 13.3 Å². The molecule has 0 fully saturated rings. The van der Waals surface area contributed by atoms with Crippen molar-refractivity contribution in [1.82, 2.24) is 10.3 Å². The van der Waals surface area contributed by atoms with Crippen LogP contribution in [0.2, 0.25) is 0 Å². The van der Waals surface area contributed by atoms with E-state index in [0.717, 1.165) is 11.4 Å². The van der Waals surface area contributed by atoms with Gasteiger partial charge in [0.25, 0.3) is 5.91 Å². The maximum absolute atomic E-state index is 11.6. The van der Waals surface area contributed by atoms with Gasteiger partial charge >= 0.3 is 0 Å². The Hall–Kier alpha value is -0.980. The predicted molar refractivity (Wildman–Crippen MR) is 63.7 cm³/mol. The van der Waals surface area contributed by atoms with E-state index in [1.165, 1.54) is 11.3 Å². The lowest BCUT2D eigenvalue weighted by atomic mass is 10.4. The standard InChI is InChI=1S/C10H17N3O2S/c1-2-15-6-5-12-10(14)8-7-16-9(13-8)3-4-11/h7H,2-6,11H2,1H3,(H,12,14). The van der Waals surface area contributed by atoms with E-state index in [1.807, 2.05) is 6.92 Å². The first-order valence-corrected chi connectivity index (χ1v) is 6.16. The van der Waals surface area contributed by atoms with Crippen molar-refractivity contribution in [1.29, 1.82) is 0 Å². The molecule has 0 saturated carbocycles. The summed E-state index contributed by atoms with van der Waals surface area (Å²) in [6.45, 7) is 4.17. The van der Waals surface area contributed by atoms with Crippen LogP contribution in [-0.2, 0) is 11.2 Å². The van der Waals surface area contributed by atoms with Crippen LogP contribution in [0.25, 0.3) is 0 Å². The molecule has 1 aromatic heterocycles. The molecule has 0 radical (unpaired) electrons. The summed E-state index contributed by atoms with van der Waals surface area (Å²) in [7, 11) is 0. The van der Waals surface area contributed by atoms with Crippen LogP contribution in [0.3, 0.4) is 0 Å². The van der Waals surface area contributed by atoms with Gasteiger partial charge in [-0.3, -0.25) is 4.79 Å². The third-order valence-corrected chi connectivity index (χ3v) is 2.79. The second-order valence-corrected chi connectivity index (χ2v) is 4.06. The molecular formula is C10H17N3O2S. The van der Waals surface area contributed by atoms with E-state index in [1.54, 1.807) is 5.38 Å². The van der Waals surface area contributed by atoms with Crippen LogP contribution in [0, 0.1) is 0 Å². The third-order valence-electron chi connectivity index (χ3n) is 1.88. The summed E-state index contributed by atoms with van der Waals surface area (Å²) in [5.74, 6) is -0.153. The van der Waals surface area contributed by atoms with E-state index in [4.69, 9.17) is 10.5 Å². The smallest absolute Gasteiger partial charge is 0.270 e. The van der Waals surface area contributed by atoms with E-state index < -0.39 is 0 Å². The highest BCUT2D eigenvalue weighted by Gasteiger charge is 2.09. The summed E-state index contributed by atoms with van der Waals surface area (Å²) in [5.41, 5.74) is 5.87. The monoisotopic (exact) mass is 243 g/mol. The summed E-state index contributed by atoms with van der Waals surface area (Å²) in [6.07, 6.45) is 0.719. The number of amides is 1. The normalized spacial score (nSPS) is 10.4. The number of ether oxygens (including phenoxy) is 1. The Labute approximate surface area is 99.0 Å². The molecule has 0 atom stereocenters. The van der Waals surface area contributed by atoms with Gasteiger partial charge in [0, 0.05) is 25.0 Å². The molecule has 6 heteroatoms. The molecule has 0 aliphatic heterocycles. The fourth-order valence-electron chi connectivity index (χ4n) is 1.13. The molecule has 5 nitrogen and oxygen atoms in total. The Morgan fingerprint density at radius 1 is 1.69 bits per heavy atom. The van der Waals surface area contributed by atoms with Gasteiger partial charge in [-0.2, -0.15) is 0 Å². The highest BCUT2D eigenvalue weighted by atomic mass is 32.1. The topological polar surface area (TPSA) is 77.2 Å². The quantitative estimate of drug-likeness (QED) is 0.680. The first-order valence-electron chi connectivity index (χ1n) is 5.28. The molecule has 0 saturated heterocycles. The predicted octanol–water partition coefficient (Wildman–Crippen LogP) is 0.411.